The van der Waals surface area contributed by atoms with E-state index in [2.05, 4.69) is 15.9 Å². The van der Waals surface area contributed by atoms with Crippen LogP contribution >= 0.6 is 15.9 Å². The first kappa shape index (κ1) is 16.1. The van der Waals surface area contributed by atoms with E-state index in [9.17, 15) is 9.90 Å². The van der Waals surface area contributed by atoms with E-state index >= 15 is 0 Å². The zero-order chi connectivity index (χ0) is 16.1. The molecule has 5 heteroatoms. The molecule has 0 atom stereocenters. The van der Waals surface area contributed by atoms with Gasteiger partial charge in [-0.2, -0.15) is 0 Å². The number of phenolic OH excluding ortho intramolecular Hbond substituents is 1. The summed E-state index contributed by atoms with van der Waals surface area (Å²) in [5.74, 6) is 0.945. The van der Waals surface area contributed by atoms with Gasteiger partial charge in [0.1, 0.15) is 5.75 Å². The Morgan fingerprint density at radius 3 is 2.41 bits per heavy atom. The lowest BCUT2D eigenvalue weighted by Crippen LogP contribution is -1.94. The molecule has 22 heavy (non-hydrogen) atoms. The number of rotatable bonds is 5. The molecule has 0 aliphatic carbocycles. The lowest BCUT2D eigenvalue weighted by molar-refractivity contribution is 0.104. The highest BCUT2D eigenvalue weighted by Gasteiger charge is 2.07. The lowest BCUT2D eigenvalue weighted by atomic mass is 10.1. The monoisotopic (exact) mass is 362 g/mol. The first-order valence-corrected chi connectivity index (χ1v) is 7.27. The van der Waals surface area contributed by atoms with Crippen molar-refractivity contribution in [3.63, 3.8) is 0 Å². The molecule has 0 aliphatic heterocycles. The summed E-state index contributed by atoms with van der Waals surface area (Å²) in [5, 5.41) is 9.78. The minimum atomic E-state index is -0.134. The molecular formula is C17H15BrO4. The number of benzene rings is 2. The summed E-state index contributed by atoms with van der Waals surface area (Å²) >= 11 is 3.38. The number of hydrogen-bond acceptors (Lipinski definition) is 4. The predicted octanol–water partition coefficient (Wildman–Crippen LogP) is 4.07. The van der Waals surface area contributed by atoms with Gasteiger partial charge in [0, 0.05) is 10.0 Å². The van der Waals surface area contributed by atoms with Crippen LogP contribution in [0.3, 0.4) is 0 Å². The molecule has 2 aromatic carbocycles. The van der Waals surface area contributed by atoms with Gasteiger partial charge in [0.25, 0.3) is 0 Å². The third kappa shape index (κ3) is 3.68. The van der Waals surface area contributed by atoms with Crippen molar-refractivity contribution in [1.82, 2.24) is 0 Å². The summed E-state index contributed by atoms with van der Waals surface area (Å²) in [6.45, 7) is 0. The van der Waals surface area contributed by atoms with Crippen LogP contribution in [0.25, 0.3) is 6.08 Å². The SMILES string of the molecule is COc1ccc(C(=O)C=Cc2cc(O)c(OC)cc2Br)cc1. The summed E-state index contributed by atoms with van der Waals surface area (Å²) in [5.41, 5.74) is 1.24. The number of hydrogen-bond donors (Lipinski definition) is 1. The van der Waals surface area contributed by atoms with Gasteiger partial charge in [-0.1, -0.05) is 15.9 Å². The van der Waals surface area contributed by atoms with Crippen LogP contribution in [-0.4, -0.2) is 25.1 Å². The molecule has 2 aromatic rings. The predicted molar refractivity (Wildman–Crippen MR) is 88.7 cm³/mol. The van der Waals surface area contributed by atoms with Crippen molar-refractivity contribution in [3.8, 4) is 17.2 Å². The largest absolute Gasteiger partial charge is 0.504 e. The van der Waals surface area contributed by atoms with Crippen molar-refractivity contribution < 1.29 is 19.4 Å². The van der Waals surface area contributed by atoms with Crippen molar-refractivity contribution in [2.24, 2.45) is 0 Å². The highest BCUT2D eigenvalue weighted by molar-refractivity contribution is 9.10. The first-order chi connectivity index (χ1) is 10.5. The van der Waals surface area contributed by atoms with Gasteiger partial charge < -0.3 is 14.6 Å². The Balaban J connectivity index is 2.20. The molecule has 0 aromatic heterocycles. The maximum absolute atomic E-state index is 12.1. The topological polar surface area (TPSA) is 55.8 Å². The fourth-order valence-electron chi connectivity index (χ4n) is 1.87. The molecule has 0 saturated carbocycles. The summed E-state index contributed by atoms with van der Waals surface area (Å²) in [6, 6.07) is 10.0. The van der Waals surface area contributed by atoms with E-state index in [0.29, 0.717) is 22.6 Å². The summed E-state index contributed by atoms with van der Waals surface area (Å²) in [7, 11) is 3.05. The molecule has 0 aliphatic rings. The molecule has 4 nitrogen and oxygen atoms in total. The second kappa shape index (κ2) is 7.13. The molecule has 0 heterocycles. The number of carbonyl (C=O) groups excluding carboxylic acids is 1. The number of ether oxygens (including phenoxy) is 2. The Morgan fingerprint density at radius 1 is 1.14 bits per heavy atom. The van der Waals surface area contributed by atoms with Gasteiger partial charge in [0.15, 0.2) is 17.3 Å². The number of methoxy groups -OCH3 is 2. The minimum Gasteiger partial charge on any atom is -0.504 e. The molecule has 1 N–H and O–H groups in total. The van der Waals surface area contributed by atoms with Crippen LogP contribution < -0.4 is 9.47 Å². The fourth-order valence-corrected chi connectivity index (χ4v) is 2.32. The first-order valence-electron chi connectivity index (χ1n) is 6.48. The lowest BCUT2D eigenvalue weighted by Gasteiger charge is -2.06. The zero-order valence-corrected chi connectivity index (χ0v) is 13.8. The molecule has 2 rings (SSSR count). The summed E-state index contributed by atoms with van der Waals surface area (Å²) < 4.78 is 10.8. The fraction of sp³-hybridized carbons (Fsp3) is 0.118. The van der Waals surface area contributed by atoms with Crippen LogP contribution in [0.4, 0.5) is 0 Å². The van der Waals surface area contributed by atoms with E-state index in [-0.39, 0.29) is 11.5 Å². The number of aromatic hydroxyl groups is 1. The van der Waals surface area contributed by atoms with E-state index in [1.54, 1.807) is 43.5 Å². The van der Waals surface area contributed by atoms with Crippen molar-refractivity contribution >= 4 is 27.8 Å². The molecule has 0 amide bonds. The van der Waals surface area contributed by atoms with Crippen molar-refractivity contribution in [1.29, 1.82) is 0 Å². The molecule has 0 fully saturated rings. The normalized spacial score (nSPS) is 10.7. The maximum atomic E-state index is 12.1. The van der Waals surface area contributed by atoms with Gasteiger partial charge in [-0.25, -0.2) is 0 Å². The molecule has 0 saturated heterocycles. The van der Waals surface area contributed by atoms with E-state index < -0.39 is 0 Å². The minimum absolute atomic E-state index is 0.0160. The average Bonchev–Trinajstić information content (AvgIpc) is 2.55. The quantitative estimate of drug-likeness (QED) is 0.643. The van der Waals surface area contributed by atoms with Crippen LogP contribution in [-0.2, 0) is 0 Å². The Labute approximate surface area is 137 Å². The Kier molecular flexibility index (Phi) is 5.22. The van der Waals surface area contributed by atoms with Crippen molar-refractivity contribution in [2.75, 3.05) is 14.2 Å². The standard InChI is InChI=1S/C17H15BrO4/c1-21-13-6-3-11(4-7-13)15(19)8-5-12-9-16(20)17(22-2)10-14(12)18/h3-10,20H,1-2H3. The van der Waals surface area contributed by atoms with Crippen LogP contribution in [0.5, 0.6) is 17.2 Å². The van der Waals surface area contributed by atoms with Crippen LogP contribution in [0, 0.1) is 0 Å². The van der Waals surface area contributed by atoms with Gasteiger partial charge in [0.05, 0.1) is 14.2 Å². The van der Waals surface area contributed by atoms with E-state index in [0.717, 1.165) is 4.47 Å². The number of halogens is 1. The van der Waals surface area contributed by atoms with Crippen molar-refractivity contribution in [3.05, 3.63) is 58.1 Å². The van der Waals surface area contributed by atoms with Gasteiger partial charge in [0.2, 0.25) is 0 Å². The molecule has 0 bridgehead atoms. The van der Waals surface area contributed by atoms with Gasteiger partial charge in [-0.05, 0) is 54.1 Å². The van der Waals surface area contributed by atoms with Crippen molar-refractivity contribution in [2.45, 2.75) is 0 Å². The number of carbonyl (C=O) groups is 1. The smallest absolute Gasteiger partial charge is 0.185 e. The number of allylic oxidation sites excluding steroid dienone is 1. The summed E-state index contributed by atoms with van der Waals surface area (Å²) in [6.07, 6.45) is 3.09. The number of ketones is 1. The van der Waals surface area contributed by atoms with Crippen LogP contribution in [0.15, 0.2) is 46.9 Å². The van der Waals surface area contributed by atoms with Gasteiger partial charge in [-0.3, -0.25) is 4.79 Å². The van der Waals surface area contributed by atoms with Crippen LogP contribution in [0.2, 0.25) is 0 Å². The molecular weight excluding hydrogens is 348 g/mol. The zero-order valence-electron chi connectivity index (χ0n) is 12.2. The Hall–Kier alpha value is -2.27. The van der Waals surface area contributed by atoms with Gasteiger partial charge >= 0.3 is 0 Å². The van der Waals surface area contributed by atoms with E-state index in [1.165, 1.54) is 19.3 Å². The molecule has 114 valence electrons. The van der Waals surface area contributed by atoms with E-state index in [1.807, 2.05) is 0 Å². The summed E-state index contributed by atoms with van der Waals surface area (Å²) in [4.78, 5) is 12.1. The second-order valence-electron chi connectivity index (χ2n) is 4.47. The third-order valence-electron chi connectivity index (χ3n) is 3.09. The highest BCUT2D eigenvalue weighted by atomic mass is 79.9. The Bertz CT molecular complexity index is 705. The van der Waals surface area contributed by atoms with Crippen LogP contribution in [0.1, 0.15) is 15.9 Å². The van der Waals surface area contributed by atoms with Gasteiger partial charge in [-0.15, -0.1) is 0 Å². The maximum Gasteiger partial charge on any atom is 0.185 e. The second-order valence-corrected chi connectivity index (χ2v) is 5.33. The molecule has 0 unspecified atom stereocenters. The highest BCUT2D eigenvalue weighted by Crippen LogP contribution is 2.33. The third-order valence-corrected chi connectivity index (χ3v) is 3.77. The number of phenols is 1. The Morgan fingerprint density at radius 2 is 1.82 bits per heavy atom. The average molecular weight is 363 g/mol. The molecule has 0 spiro atoms. The molecule has 0 radical (unpaired) electrons. The van der Waals surface area contributed by atoms with E-state index in [4.69, 9.17) is 9.47 Å².